The summed E-state index contributed by atoms with van der Waals surface area (Å²) in [7, 11) is -2.87. The maximum atomic E-state index is 6.34. The normalized spacial score (nSPS) is 12.6. The lowest BCUT2D eigenvalue weighted by Gasteiger charge is -2.35. The number of nitrogens with zero attached hydrogens (tertiary/aromatic N) is 2. The van der Waals surface area contributed by atoms with Crippen molar-refractivity contribution in [1.29, 1.82) is 0 Å². The van der Waals surface area contributed by atoms with E-state index in [4.69, 9.17) is 9.40 Å². The van der Waals surface area contributed by atoms with E-state index in [9.17, 15) is 0 Å². The van der Waals surface area contributed by atoms with Crippen LogP contribution in [0.5, 0.6) is 0 Å². The molecule has 3 heterocycles. The second kappa shape index (κ2) is 12.9. The molecule has 0 fully saturated rings. The van der Waals surface area contributed by atoms with E-state index in [-0.39, 0.29) is 0 Å². The Labute approximate surface area is 324 Å². The van der Waals surface area contributed by atoms with Gasteiger partial charge in [0.25, 0.3) is 0 Å². The number of benzene rings is 8. The van der Waals surface area contributed by atoms with E-state index in [1.165, 1.54) is 53.6 Å². The van der Waals surface area contributed by atoms with Gasteiger partial charge in [-0.25, -0.2) is 4.98 Å². The van der Waals surface area contributed by atoms with E-state index < -0.39 is 8.07 Å². The number of hydrogen-bond donors (Lipinski definition) is 0. The first-order valence-corrected chi connectivity index (χ1v) is 21.7. The lowest BCUT2D eigenvalue weighted by atomic mass is 9.99. The molecule has 0 unspecified atom stereocenters. The smallest absolute Gasteiger partial charge is 0.179 e. The SMILES string of the molecule is c1ccc([Si](c2ccccc2)(c2cccc(-c3ccc4c(c3)SCc3nc5ccccc5n3-4)c2)c2cccc(-c3cccc4oc5ccccc5c34)c2)cc1. The van der Waals surface area contributed by atoms with Crippen LogP contribution >= 0.6 is 11.8 Å². The fourth-order valence-electron chi connectivity index (χ4n) is 8.82. The Morgan fingerprint density at radius 3 is 1.93 bits per heavy atom. The molecule has 260 valence electrons. The average molecular weight is 739 g/mol. The van der Waals surface area contributed by atoms with Crippen molar-refractivity contribution in [3.05, 3.63) is 200 Å². The molecule has 3 nitrogen and oxygen atoms in total. The highest BCUT2D eigenvalue weighted by Gasteiger charge is 2.41. The monoisotopic (exact) mass is 738 g/mol. The first-order chi connectivity index (χ1) is 27.3. The summed E-state index contributed by atoms with van der Waals surface area (Å²) in [5.41, 5.74) is 10.0. The van der Waals surface area contributed by atoms with Gasteiger partial charge in [-0.1, -0.05) is 158 Å². The molecule has 5 heteroatoms. The largest absolute Gasteiger partial charge is 0.456 e. The zero-order valence-electron chi connectivity index (χ0n) is 29.9. The third-order valence-electron chi connectivity index (χ3n) is 11.2. The van der Waals surface area contributed by atoms with Crippen LogP contribution in [-0.4, -0.2) is 17.6 Å². The van der Waals surface area contributed by atoms with Crippen LogP contribution in [0, 0.1) is 0 Å². The lowest BCUT2D eigenvalue weighted by Crippen LogP contribution is -2.74. The van der Waals surface area contributed by atoms with Crippen LogP contribution in [0.4, 0.5) is 0 Å². The molecule has 0 saturated heterocycles. The Balaban J connectivity index is 1.11. The summed E-state index contributed by atoms with van der Waals surface area (Å²) in [6, 6.07) is 71.3. The van der Waals surface area contributed by atoms with Crippen molar-refractivity contribution >= 4 is 73.6 Å². The summed E-state index contributed by atoms with van der Waals surface area (Å²) in [5.74, 6) is 1.95. The van der Waals surface area contributed by atoms with E-state index in [1.807, 2.05) is 17.8 Å². The fourth-order valence-corrected chi connectivity index (χ4v) is 14.6. The van der Waals surface area contributed by atoms with Crippen molar-refractivity contribution in [1.82, 2.24) is 9.55 Å². The van der Waals surface area contributed by atoms with Crippen LogP contribution < -0.4 is 20.7 Å². The highest BCUT2D eigenvalue weighted by Crippen LogP contribution is 2.40. The van der Waals surface area contributed by atoms with Crippen LogP contribution in [0.25, 0.3) is 60.9 Å². The molecule has 11 rings (SSSR count). The van der Waals surface area contributed by atoms with Crippen LogP contribution in [0.15, 0.2) is 203 Å². The van der Waals surface area contributed by atoms with Gasteiger partial charge in [-0.15, -0.1) is 11.8 Å². The van der Waals surface area contributed by atoms with Gasteiger partial charge in [-0.05, 0) is 79.4 Å². The van der Waals surface area contributed by atoms with Gasteiger partial charge < -0.3 is 4.42 Å². The van der Waals surface area contributed by atoms with Gasteiger partial charge in [-0.2, -0.15) is 0 Å². The maximum Gasteiger partial charge on any atom is 0.179 e. The summed E-state index contributed by atoms with van der Waals surface area (Å²) < 4.78 is 8.68. The number of thioether (sulfide) groups is 1. The summed E-state index contributed by atoms with van der Waals surface area (Å²) in [6.45, 7) is 0. The van der Waals surface area contributed by atoms with Gasteiger partial charge in [-0.3, -0.25) is 4.57 Å². The Hall–Kier alpha value is -6.40. The number of hydrogen-bond acceptors (Lipinski definition) is 3. The minimum Gasteiger partial charge on any atom is -0.456 e. The highest BCUT2D eigenvalue weighted by atomic mass is 32.2. The minimum absolute atomic E-state index is 0.849. The second-order valence-electron chi connectivity index (χ2n) is 14.2. The number of rotatable bonds is 6. The average Bonchev–Trinajstić information content (AvgIpc) is 3.84. The standard InChI is InChI=1S/C50H34N2OSSi/c1-3-16-37(17-4-1)55(38-18-5-2-6-19-38,40-21-12-15-36(31-40)41-23-13-27-47-50(41)42-22-7-10-26-46(42)53-47)39-20-11-14-34(30-39)35-28-29-45-48(32-35)54-33-49-51-43-24-8-9-25-44(43)52(45)49/h1-32H,33H2. The maximum absolute atomic E-state index is 6.34. The predicted octanol–water partition coefficient (Wildman–Crippen LogP) is 10.2. The molecule has 0 aliphatic carbocycles. The van der Waals surface area contributed by atoms with E-state index in [0.29, 0.717) is 0 Å². The van der Waals surface area contributed by atoms with Gasteiger partial charge in [0.05, 0.1) is 22.5 Å². The Morgan fingerprint density at radius 1 is 0.509 bits per heavy atom. The summed E-state index contributed by atoms with van der Waals surface area (Å²) in [6.07, 6.45) is 0. The first-order valence-electron chi connectivity index (χ1n) is 18.7. The topological polar surface area (TPSA) is 31.0 Å². The molecule has 10 aromatic rings. The third-order valence-corrected chi connectivity index (χ3v) is 17.0. The predicted molar refractivity (Wildman–Crippen MR) is 232 cm³/mol. The highest BCUT2D eigenvalue weighted by molar-refractivity contribution is 7.98. The van der Waals surface area contributed by atoms with Crippen LogP contribution in [0.1, 0.15) is 5.82 Å². The summed E-state index contributed by atoms with van der Waals surface area (Å²) in [4.78, 5) is 6.23. The van der Waals surface area contributed by atoms with Crippen LogP contribution in [0.3, 0.4) is 0 Å². The molecule has 1 aliphatic heterocycles. The molecule has 1 aliphatic rings. The first kappa shape index (κ1) is 32.1. The van der Waals surface area contributed by atoms with Crippen molar-refractivity contribution in [3.63, 3.8) is 0 Å². The van der Waals surface area contributed by atoms with Gasteiger partial charge in [0.1, 0.15) is 17.0 Å². The Bertz CT molecular complexity index is 3020. The van der Waals surface area contributed by atoms with E-state index in [1.54, 1.807) is 0 Å². The van der Waals surface area contributed by atoms with E-state index in [0.717, 1.165) is 44.5 Å². The Morgan fingerprint density at radius 2 is 1.13 bits per heavy atom. The number of aromatic nitrogens is 2. The second-order valence-corrected chi connectivity index (χ2v) is 19.1. The molecule has 0 spiro atoms. The molecule has 55 heavy (non-hydrogen) atoms. The van der Waals surface area contributed by atoms with Gasteiger partial charge in [0.15, 0.2) is 8.07 Å². The van der Waals surface area contributed by atoms with Gasteiger partial charge in [0, 0.05) is 15.7 Å². The molecule has 0 bridgehead atoms. The number of furan rings is 1. The van der Waals surface area contributed by atoms with Crippen LogP contribution in [0.2, 0.25) is 0 Å². The van der Waals surface area contributed by atoms with E-state index >= 15 is 0 Å². The van der Waals surface area contributed by atoms with E-state index in [2.05, 4.69) is 193 Å². The van der Waals surface area contributed by atoms with Crippen molar-refractivity contribution < 1.29 is 4.42 Å². The zero-order chi connectivity index (χ0) is 36.3. The van der Waals surface area contributed by atoms with Gasteiger partial charge >= 0.3 is 0 Å². The zero-order valence-corrected chi connectivity index (χ0v) is 31.7. The van der Waals surface area contributed by atoms with Gasteiger partial charge in [0.2, 0.25) is 0 Å². The molecule has 8 aromatic carbocycles. The lowest BCUT2D eigenvalue weighted by molar-refractivity contribution is 0.669. The van der Waals surface area contributed by atoms with Crippen molar-refractivity contribution in [3.8, 4) is 27.9 Å². The molecule has 0 saturated carbocycles. The van der Waals surface area contributed by atoms with Crippen molar-refractivity contribution in [2.24, 2.45) is 0 Å². The molecule has 0 radical (unpaired) electrons. The van der Waals surface area contributed by atoms with Crippen molar-refractivity contribution in [2.45, 2.75) is 10.6 Å². The minimum atomic E-state index is -2.87. The molecule has 0 amide bonds. The molecule has 2 aromatic heterocycles. The molecular formula is C50H34N2OSSi. The number of para-hydroxylation sites is 3. The fraction of sp³-hybridized carbons (Fsp3) is 0.0200. The van der Waals surface area contributed by atoms with Crippen LogP contribution in [-0.2, 0) is 5.75 Å². The quantitative estimate of drug-likeness (QED) is 0.126. The summed E-state index contributed by atoms with van der Waals surface area (Å²) in [5, 5.41) is 7.68. The Kier molecular flexibility index (Phi) is 7.51. The number of fused-ring (bicyclic) bond motifs is 8. The third kappa shape index (κ3) is 5.08. The van der Waals surface area contributed by atoms with Crippen molar-refractivity contribution in [2.75, 3.05) is 0 Å². The summed E-state index contributed by atoms with van der Waals surface area (Å²) >= 11 is 1.88. The molecular weight excluding hydrogens is 705 g/mol. The number of imidazole rings is 1. The molecule has 0 N–H and O–H groups in total. The molecule has 0 atom stereocenters.